The molecule has 0 spiro atoms. The summed E-state index contributed by atoms with van der Waals surface area (Å²) in [5, 5.41) is 4.07. The van der Waals surface area contributed by atoms with Gasteiger partial charge >= 0.3 is 0 Å². The highest BCUT2D eigenvalue weighted by Crippen LogP contribution is 2.44. The second-order valence-corrected chi connectivity index (χ2v) is 9.02. The van der Waals surface area contributed by atoms with Gasteiger partial charge in [-0.1, -0.05) is 13.8 Å². The van der Waals surface area contributed by atoms with Gasteiger partial charge in [0.05, 0.1) is 16.5 Å². The van der Waals surface area contributed by atoms with Crippen LogP contribution in [0.15, 0.2) is 0 Å². The Labute approximate surface area is 125 Å². The summed E-state index contributed by atoms with van der Waals surface area (Å²) in [6.45, 7) is 6.95. The predicted molar refractivity (Wildman–Crippen MR) is 84.1 cm³/mol. The van der Waals surface area contributed by atoms with E-state index in [-0.39, 0.29) is 5.25 Å². The Morgan fingerprint density at radius 2 is 2.15 bits per heavy atom. The van der Waals surface area contributed by atoms with E-state index in [4.69, 9.17) is 4.98 Å². The minimum absolute atomic E-state index is 0.356. The first-order valence-corrected chi connectivity index (χ1v) is 10.0. The monoisotopic (exact) mass is 316 g/mol. The third kappa shape index (κ3) is 2.65. The largest absolute Gasteiger partial charge is 0.305 e. The average molecular weight is 316 g/mol. The van der Waals surface area contributed by atoms with Crippen molar-refractivity contribution in [3.05, 3.63) is 15.6 Å². The van der Waals surface area contributed by atoms with Crippen LogP contribution in [0.3, 0.4) is 0 Å². The van der Waals surface area contributed by atoms with Gasteiger partial charge < -0.3 is 5.32 Å². The zero-order valence-corrected chi connectivity index (χ0v) is 14.3. The number of rotatable bonds is 5. The Balaban J connectivity index is 2.53. The molecular weight excluding hydrogens is 292 g/mol. The van der Waals surface area contributed by atoms with Crippen LogP contribution in [0.25, 0.3) is 0 Å². The molecule has 1 heterocycles. The summed E-state index contributed by atoms with van der Waals surface area (Å²) < 4.78 is 24.4. The maximum Gasteiger partial charge on any atom is 0.152 e. The number of nitrogens with zero attached hydrogens (tertiary/aromatic N) is 1. The highest BCUT2D eigenvalue weighted by atomic mass is 32.2. The SMILES string of the molecule is CCNC1(c2nc(CC)c(C)s2)CCCC1S(C)(=O)=O. The Hall–Kier alpha value is -0.460. The van der Waals surface area contributed by atoms with Gasteiger partial charge in [0.2, 0.25) is 0 Å². The van der Waals surface area contributed by atoms with Crippen molar-refractivity contribution in [2.75, 3.05) is 12.8 Å². The number of nitrogens with one attached hydrogen (secondary N) is 1. The first-order chi connectivity index (χ1) is 9.35. The van der Waals surface area contributed by atoms with E-state index in [1.807, 2.05) is 6.92 Å². The maximum atomic E-state index is 12.2. The number of aryl methyl sites for hydroxylation is 2. The lowest BCUT2D eigenvalue weighted by Gasteiger charge is -2.33. The predicted octanol–water partition coefficient (Wildman–Crippen LogP) is 2.42. The molecule has 20 heavy (non-hydrogen) atoms. The van der Waals surface area contributed by atoms with Crippen LogP contribution in [0.4, 0.5) is 0 Å². The summed E-state index contributed by atoms with van der Waals surface area (Å²) in [5.41, 5.74) is 0.618. The van der Waals surface area contributed by atoms with Crippen LogP contribution in [-0.4, -0.2) is 31.5 Å². The molecule has 4 nitrogen and oxygen atoms in total. The first-order valence-electron chi connectivity index (χ1n) is 7.25. The zero-order valence-electron chi connectivity index (χ0n) is 12.7. The Kier molecular flexibility index (Phi) is 4.56. The second-order valence-electron chi connectivity index (χ2n) is 5.59. The molecule has 2 rings (SSSR count). The van der Waals surface area contributed by atoms with E-state index in [1.165, 1.54) is 11.1 Å². The number of hydrogen-bond donors (Lipinski definition) is 1. The topological polar surface area (TPSA) is 59.1 Å². The van der Waals surface area contributed by atoms with Gasteiger partial charge in [0.15, 0.2) is 9.84 Å². The highest BCUT2D eigenvalue weighted by molar-refractivity contribution is 7.91. The molecule has 2 atom stereocenters. The maximum absolute atomic E-state index is 12.2. The van der Waals surface area contributed by atoms with Crippen LogP contribution in [0.2, 0.25) is 0 Å². The summed E-state index contributed by atoms with van der Waals surface area (Å²) >= 11 is 1.66. The molecule has 1 fully saturated rings. The molecule has 1 saturated carbocycles. The lowest BCUT2D eigenvalue weighted by atomic mass is 9.98. The van der Waals surface area contributed by atoms with Gasteiger partial charge in [-0.15, -0.1) is 11.3 Å². The minimum atomic E-state index is -3.09. The van der Waals surface area contributed by atoms with Crippen molar-refractivity contribution < 1.29 is 8.42 Å². The minimum Gasteiger partial charge on any atom is -0.305 e. The molecule has 0 saturated heterocycles. The third-order valence-corrected chi connectivity index (χ3v) is 7.07. The lowest BCUT2D eigenvalue weighted by molar-refractivity contribution is 0.348. The van der Waals surface area contributed by atoms with Crippen molar-refractivity contribution in [1.29, 1.82) is 0 Å². The van der Waals surface area contributed by atoms with Crippen LogP contribution < -0.4 is 5.32 Å². The lowest BCUT2D eigenvalue weighted by Crippen LogP contribution is -2.51. The summed E-state index contributed by atoms with van der Waals surface area (Å²) in [7, 11) is -3.09. The van der Waals surface area contributed by atoms with Crippen LogP contribution in [0.1, 0.15) is 48.7 Å². The normalized spacial score (nSPS) is 27.1. The molecule has 114 valence electrons. The Morgan fingerprint density at radius 1 is 1.45 bits per heavy atom. The van der Waals surface area contributed by atoms with Crippen LogP contribution in [-0.2, 0) is 21.8 Å². The Bertz CT molecular complexity index is 580. The molecule has 2 unspecified atom stereocenters. The molecule has 1 aromatic heterocycles. The summed E-state index contributed by atoms with van der Waals surface area (Å²) in [6.07, 6.45) is 4.77. The van der Waals surface area contributed by atoms with E-state index >= 15 is 0 Å². The zero-order chi connectivity index (χ0) is 15.0. The number of thiazole rings is 1. The summed E-state index contributed by atoms with van der Waals surface area (Å²) in [5.74, 6) is 0. The Morgan fingerprint density at radius 3 is 2.65 bits per heavy atom. The quantitative estimate of drug-likeness (QED) is 0.906. The van der Waals surface area contributed by atoms with Crippen molar-refractivity contribution in [2.45, 2.75) is 57.2 Å². The fourth-order valence-electron chi connectivity index (χ4n) is 3.34. The second kappa shape index (κ2) is 5.73. The summed E-state index contributed by atoms with van der Waals surface area (Å²) in [6, 6.07) is 0. The molecule has 1 aliphatic carbocycles. The summed E-state index contributed by atoms with van der Waals surface area (Å²) in [4.78, 5) is 5.96. The fraction of sp³-hybridized carbons (Fsp3) is 0.786. The molecule has 6 heteroatoms. The van der Waals surface area contributed by atoms with Crippen molar-refractivity contribution in [2.24, 2.45) is 0 Å². The molecule has 0 radical (unpaired) electrons. The van der Waals surface area contributed by atoms with E-state index in [9.17, 15) is 8.42 Å². The van der Waals surface area contributed by atoms with Crippen LogP contribution in [0, 0.1) is 6.92 Å². The molecule has 1 aromatic rings. The van der Waals surface area contributed by atoms with Gasteiger partial charge in [0, 0.05) is 11.1 Å². The number of hydrogen-bond acceptors (Lipinski definition) is 5. The van der Waals surface area contributed by atoms with E-state index in [1.54, 1.807) is 11.3 Å². The van der Waals surface area contributed by atoms with Gasteiger partial charge in [0.1, 0.15) is 5.01 Å². The molecule has 1 aliphatic rings. The van der Waals surface area contributed by atoms with E-state index < -0.39 is 15.4 Å². The van der Waals surface area contributed by atoms with Gasteiger partial charge in [-0.2, -0.15) is 0 Å². The van der Waals surface area contributed by atoms with Crippen molar-refractivity contribution in [1.82, 2.24) is 10.3 Å². The fourth-order valence-corrected chi connectivity index (χ4v) is 6.30. The first kappa shape index (κ1) is 15.9. The molecule has 0 aromatic carbocycles. The van der Waals surface area contributed by atoms with E-state index in [0.717, 1.165) is 42.9 Å². The number of sulfone groups is 1. The molecule has 0 aliphatic heterocycles. The highest BCUT2D eigenvalue weighted by Gasteiger charge is 2.50. The third-order valence-electron chi connectivity index (χ3n) is 4.21. The van der Waals surface area contributed by atoms with E-state index in [2.05, 4.69) is 19.2 Å². The standard InChI is InChI=1S/C14H24N2O2S2/c1-5-11-10(3)19-13(16-11)14(15-6-2)9-7-8-12(14)20(4,17)18/h12,15H,5-9H2,1-4H3. The molecular formula is C14H24N2O2S2. The van der Waals surface area contributed by atoms with Crippen LogP contribution >= 0.6 is 11.3 Å². The van der Waals surface area contributed by atoms with Gasteiger partial charge in [-0.25, -0.2) is 13.4 Å². The van der Waals surface area contributed by atoms with Crippen molar-refractivity contribution >= 4 is 21.2 Å². The van der Waals surface area contributed by atoms with Gasteiger partial charge in [-0.3, -0.25) is 0 Å². The van der Waals surface area contributed by atoms with Gasteiger partial charge in [-0.05, 0) is 39.2 Å². The van der Waals surface area contributed by atoms with Gasteiger partial charge in [0.25, 0.3) is 0 Å². The van der Waals surface area contributed by atoms with Crippen molar-refractivity contribution in [3.8, 4) is 0 Å². The average Bonchev–Trinajstić information content (AvgIpc) is 2.93. The van der Waals surface area contributed by atoms with Crippen molar-refractivity contribution in [3.63, 3.8) is 0 Å². The molecule has 0 amide bonds. The van der Waals surface area contributed by atoms with E-state index in [0.29, 0.717) is 0 Å². The smallest absolute Gasteiger partial charge is 0.152 e. The van der Waals surface area contributed by atoms with Crippen LogP contribution in [0.5, 0.6) is 0 Å². The number of aromatic nitrogens is 1. The molecule has 1 N–H and O–H groups in total. The molecule has 0 bridgehead atoms.